The van der Waals surface area contributed by atoms with Crippen molar-refractivity contribution in [3.63, 3.8) is 0 Å². The van der Waals surface area contributed by atoms with E-state index in [-0.39, 0.29) is 10.7 Å². The highest BCUT2D eigenvalue weighted by molar-refractivity contribution is 7.80. The molecule has 3 nitrogen and oxygen atoms in total. The standard InChI is InChI=1S/C14H19FN2OS/c15-12-10-11(14(16)19)4-5-13(12)18-9-8-17-6-2-1-3-7-17/h4-5,10H,1-3,6-9H2,(H2,16,19). The van der Waals surface area contributed by atoms with E-state index in [9.17, 15) is 4.39 Å². The summed E-state index contributed by atoms with van der Waals surface area (Å²) >= 11 is 4.80. The van der Waals surface area contributed by atoms with Gasteiger partial charge in [-0.15, -0.1) is 0 Å². The van der Waals surface area contributed by atoms with Crippen molar-refractivity contribution in [2.24, 2.45) is 5.73 Å². The van der Waals surface area contributed by atoms with Gasteiger partial charge in [0, 0.05) is 12.1 Å². The predicted octanol–water partition coefficient (Wildman–Crippen LogP) is 2.32. The van der Waals surface area contributed by atoms with Crippen molar-refractivity contribution in [2.75, 3.05) is 26.2 Å². The second-order valence-corrected chi connectivity index (χ2v) is 5.20. The summed E-state index contributed by atoms with van der Waals surface area (Å²) < 4.78 is 19.2. The van der Waals surface area contributed by atoms with Crippen LogP contribution in [0, 0.1) is 5.82 Å². The molecule has 1 saturated heterocycles. The van der Waals surface area contributed by atoms with Crippen LogP contribution in [0.1, 0.15) is 24.8 Å². The molecular formula is C14H19FN2OS. The van der Waals surface area contributed by atoms with Gasteiger partial charge >= 0.3 is 0 Å². The molecule has 0 aliphatic carbocycles. The number of benzene rings is 1. The minimum Gasteiger partial charge on any atom is -0.489 e. The maximum atomic E-state index is 13.7. The van der Waals surface area contributed by atoms with Gasteiger partial charge in [-0.25, -0.2) is 4.39 Å². The molecule has 0 bridgehead atoms. The third-order valence-corrected chi connectivity index (χ3v) is 3.57. The molecule has 2 rings (SSSR count). The van der Waals surface area contributed by atoms with Gasteiger partial charge in [0.2, 0.25) is 0 Å². The zero-order chi connectivity index (χ0) is 13.7. The Morgan fingerprint density at radius 1 is 1.32 bits per heavy atom. The van der Waals surface area contributed by atoms with E-state index in [0.717, 1.165) is 19.6 Å². The van der Waals surface area contributed by atoms with E-state index in [1.165, 1.54) is 25.3 Å². The second-order valence-electron chi connectivity index (χ2n) is 4.76. The largest absolute Gasteiger partial charge is 0.489 e. The van der Waals surface area contributed by atoms with Gasteiger partial charge in [0.15, 0.2) is 11.6 Å². The van der Waals surface area contributed by atoms with Crippen molar-refractivity contribution in [1.29, 1.82) is 0 Å². The SMILES string of the molecule is NC(=S)c1ccc(OCCN2CCCCC2)c(F)c1. The first-order valence-corrected chi connectivity index (χ1v) is 7.02. The number of halogens is 1. The second kappa shape index (κ2) is 6.82. The van der Waals surface area contributed by atoms with Crippen LogP contribution in [0.25, 0.3) is 0 Å². The lowest BCUT2D eigenvalue weighted by atomic mass is 10.1. The van der Waals surface area contributed by atoms with Crippen molar-refractivity contribution in [3.05, 3.63) is 29.6 Å². The Kier molecular flexibility index (Phi) is 5.10. The molecule has 0 spiro atoms. The van der Waals surface area contributed by atoms with Crippen molar-refractivity contribution in [3.8, 4) is 5.75 Å². The Morgan fingerprint density at radius 2 is 2.05 bits per heavy atom. The van der Waals surface area contributed by atoms with Gasteiger partial charge in [0.05, 0.1) is 0 Å². The first-order chi connectivity index (χ1) is 9.16. The zero-order valence-corrected chi connectivity index (χ0v) is 11.7. The molecule has 1 aliphatic rings. The molecule has 5 heteroatoms. The van der Waals surface area contributed by atoms with E-state index >= 15 is 0 Å². The van der Waals surface area contributed by atoms with Gasteiger partial charge < -0.3 is 10.5 Å². The molecule has 0 radical (unpaired) electrons. The Hall–Kier alpha value is -1.20. The van der Waals surface area contributed by atoms with Gasteiger partial charge in [0.1, 0.15) is 11.6 Å². The van der Waals surface area contributed by atoms with Crippen LogP contribution < -0.4 is 10.5 Å². The fraction of sp³-hybridized carbons (Fsp3) is 0.500. The van der Waals surface area contributed by atoms with E-state index in [0.29, 0.717) is 12.2 Å². The summed E-state index contributed by atoms with van der Waals surface area (Å²) in [6.45, 7) is 3.58. The Bertz CT molecular complexity index is 447. The van der Waals surface area contributed by atoms with Crippen LogP contribution in [0.5, 0.6) is 5.75 Å². The highest BCUT2D eigenvalue weighted by Gasteiger charge is 2.11. The number of rotatable bonds is 5. The summed E-state index contributed by atoms with van der Waals surface area (Å²) in [6.07, 6.45) is 3.81. The van der Waals surface area contributed by atoms with Gasteiger partial charge in [-0.1, -0.05) is 18.6 Å². The van der Waals surface area contributed by atoms with Crippen LogP contribution in [0.2, 0.25) is 0 Å². The summed E-state index contributed by atoms with van der Waals surface area (Å²) in [5.41, 5.74) is 5.97. The number of piperidine rings is 1. The highest BCUT2D eigenvalue weighted by atomic mass is 32.1. The molecule has 1 aromatic rings. The summed E-state index contributed by atoms with van der Waals surface area (Å²) in [5.74, 6) is -0.152. The first-order valence-electron chi connectivity index (χ1n) is 6.61. The van der Waals surface area contributed by atoms with E-state index < -0.39 is 5.82 Å². The van der Waals surface area contributed by atoms with Crippen molar-refractivity contribution in [2.45, 2.75) is 19.3 Å². The lowest BCUT2D eigenvalue weighted by Crippen LogP contribution is -2.33. The Balaban J connectivity index is 1.83. The predicted molar refractivity (Wildman–Crippen MR) is 78.1 cm³/mol. The maximum Gasteiger partial charge on any atom is 0.165 e. The topological polar surface area (TPSA) is 38.5 Å². The number of ether oxygens (including phenoxy) is 1. The molecule has 0 atom stereocenters. The van der Waals surface area contributed by atoms with Crippen LogP contribution in [-0.4, -0.2) is 36.1 Å². The summed E-state index contributed by atoms with van der Waals surface area (Å²) in [7, 11) is 0. The quantitative estimate of drug-likeness (QED) is 0.841. The number of hydrogen-bond acceptors (Lipinski definition) is 3. The van der Waals surface area contributed by atoms with Gasteiger partial charge in [-0.05, 0) is 44.1 Å². The Morgan fingerprint density at radius 3 is 2.68 bits per heavy atom. The molecule has 0 amide bonds. The van der Waals surface area contributed by atoms with Gasteiger partial charge in [-0.3, -0.25) is 4.90 Å². The number of hydrogen-bond donors (Lipinski definition) is 1. The molecule has 1 aliphatic heterocycles. The van der Waals surface area contributed by atoms with Crippen LogP contribution in [0.3, 0.4) is 0 Å². The minimum atomic E-state index is -0.413. The molecule has 1 heterocycles. The fourth-order valence-corrected chi connectivity index (χ4v) is 2.37. The molecule has 1 fully saturated rings. The monoisotopic (exact) mass is 282 g/mol. The smallest absolute Gasteiger partial charge is 0.165 e. The van der Waals surface area contributed by atoms with Crippen molar-refractivity contribution >= 4 is 17.2 Å². The summed E-state index contributed by atoms with van der Waals surface area (Å²) in [6, 6.07) is 4.58. The molecule has 2 N–H and O–H groups in total. The molecule has 1 aromatic carbocycles. The number of nitrogens with two attached hydrogens (primary N) is 1. The zero-order valence-electron chi connectivity index (χ0n) is 10.9. The van der Waals surface area contributed by atoms with Gasteiger partial charge in [0.25, 0.3) is 0 Å². The summed E-state index contributed by atoms with van der Waals surface area (Å²) in [4.78, 5) is 2.55. The third-order valence-electron chi connectivity index (χ3n) is 3.33. The molecule has 0 aromatic heterocycles. The average Bonchev–Trinajstić information content (AvgIpc) is 2.41. The van der Waals surface area contributed by atoms with Crippen molar-refractivity contribution < 1.29 is 9.13 Å². The van der Waals surface area contributed by atoms with E-state index in [2.05, 4.69) is 4.90 Å². The Labute approximate surface area is 118 Å². The maximum absolute atomic E-state index is 13.7. The molecule has 0 unspecified atom stereocenters. The summed E-state index contributed by atoms with van der Waals surface area (Å²) in [5, 5.41) is 0. The fourth-order valence-electron chi connectivity index (χ4n) is 2.24. The van der Waals surface area contributed by atoms with Gasteiger partial charge in [-0.2, -0.15) is 0 Å². The highest BCUT2D eigenvalue weighted by Crippen LogP contribution is 2.18. The number of likely N-dealkylation sites (tertiary alicyclic amines) is 1. The van der Waals surface area contributed by atoms with E-state index in [1.807, 2.05) is 0 Å². The lowest BCUT2D eigenvalue weighted by Gasteiger charge is -2.26. The third kappa shape index (κ3) is 4.14. The molecule has 104 valence electrons. The van der Waals surface area contributed by atoms with Crippen molar-refractivity contribution in [1.82, 2.24) is 4.90 Å². The van der Waals surface area contributed by atoms with Crippen LogP contribution in [0.4, 0.5) is 4.39 Å². The number of thiocarbonyl (C=S) groups is 1. The van der Waals surface area contributed by atoms with Crippen LogP contribution >= 0.6 is 12.2 Å². The van der Waals surface area contributed by atoms with E-state index in [1.54, 1.807) is 12.1 Å². The van der Waals surface area contributed by atoms with Crippen LogP contribution in [-0.2, 0) is 0 Å². The molecule has 0 saturated carbocycles. The normalized spacial score (nSPS) is 16.3. The minimum absolute atomic E-state index is 0.193. The van der Waals surface area contributed by atoms with Crippen LogP contribution in [0.15, 0.2) is 18.2 Å². The number of nitrogens with zero attached hydrogens (tertiary/aromatic N) is 1. The molecule has 19 heavy (non-hydrogen) atoms. The molecular weight excluding hydrogens is 263 g/mol. The lowest BCUT2D eigenvalue weighted by molar-refractivity contribution is 0.180. The average molecular weight is 282 g/mol. The first kappa shape index (κ1) is 14.2. The van der Waals surface area contributed by atoms with E-state index in [4.69, 9.17) is 22.7 Å².